The SMILES string of the molecule is C/C(C1=CC=CC2Oc3ccccc3C12)=c1/cccc/c1=C/C(F)c1nc(-c2ccc3ccccc3c2)nc(-c2ccc3c(c2)oc2ccccc23)n1. The van der Waals surface area contributed by atoms with Crippen molar-refractivity contribution in [3.05, 3.63) is 179 Å². The van der Waals surface area contributed by atoms with Crippen LogP contribution in [0.5, 0.6) is 5.75 Å². The number of rotatable bonds is 5. The molecule has 1 aliphatic carbocycles. The normalized spacial score (nSPS) is 17.8. The summed E-state index contributed by atoms with van der Waals surface area (Å²) >= 11 is 0. The van der Waals surface area contributed by atoms with Crippen LogP contribution in [0.15, 0.2) is 162 Å². The summed E-state index contributed by atoms with van der Waals surface area (Å²) in [6.45, 7) is 2.11. The summed E-state index contributed by atoms with van der Waals surface area (Å²) in [4.78, 5) is 14.4. The van der Waals surface area contributed by atoms with Gasteiger partial charge in [-0.3, -0.25) is 0 Å². The maximum atomic E-state index is 16.9. The van der Waals surface area contributed by atoms with Crippen LogP contribution >= 0.6 is 0 Å². The highest BCUT2D eigenvalue weighted by atomic mass is 19.1. The molecule has 0 spiro atoms. The third kappa shape index (κ3) is 5.42. The van der Waals surface area contributed by atoms with Gasteiger partial charge in [0.05, 0.1) is 5.92 Å². The minimum Gasteiger partial charge on any atom is -0.485 e. The van der Waals surface area contributed by atoms with E-state index in [0.29, 0.717) is 22.8 Å². The van der Waals surface area contributed by atoms with Crippen LogP contribution in [0, 0.1) is 0 Å². The van der Waals surface area contributed by atoms with E-state index >= 15 is 4.39 Å². The highest BCUT2D eigenvalue weighted by molar-refractivity contribution is 6.05. The Bertz CT molecular complexity index is 2940. The number of fused-ring (bicyclic) bond motifs is 7. The van der Waals surface area contributed by atoms with E-state index in [1.165, 1.54) is 0 Å². The lowest BCUT2D eigenvalue weighted by Gasteiger charge is -2.23. The fourth-order valence-corrected chi connectivity index (χ4v) is 7.80. The fourth-order valence-electron chi connectivity index (χ4n) is 7.80. The van der Waals surface area contributed by atoms with Crippen LogP contribution in [-0.4, -0.2) is 21.1 Å². The molecule has 0 saturated carbocycles. The van der Waals surface area contributed by atoms with E-state index in [1.807, 2.05) is 109 Å². The summed E-state index contributed by atoms with van der Waals surface area (Å²) in [5.41, 5.74) is 6.39. The van der Waals surface area contributed by atoms with E-state index in [1.54, 1.807) is 6.08 Å². The fraction of sp³-hybridized carbons (Fsp3) is 0.0851. The lowest BCUT2D eigenvalue weighted by Crippen LogP contribution is -2.29. The molecule has 6 heteroatoms. The van der Waals surface area contributed by atoms with Gasteiger partial charge in [0.1, 0.15) is 23.0 Å². The summed E-state index contributed by atoms with van der Waals surface area (Å²) < 4.78 is 29.4. The van der Waals surface area contributed by atoms with E-state index in [9.17, 15) is 0 Å². The van der Waals surface area contributed by atoms with Crippen molar-refractivity contribution in [2.75, 3.05) is 0 Å². The number of aromatic nitrogens is 3. The molecule has 10 rings (SSSR count). The van der Waals surface area contributed by atoms with Crippen LogP contribution in [0.4, 0.5) is 4.39 Å². The first-order chi connectivity index (χ1) is 26.1. The summed E-state index contributed by atoms with van der Waals surface area (Å²) in [5, 5.41) is 5.88. The summed E-state index contributed by atoms with van der Waals surface area (Å²) in [6, 6.07) is 44.1. The Morgan fingerprint density at radius 1 is 0.698 bits per heavy atom. The van der Waals surface area contributed by atoms with Gasteiger partial charge in [-0.1, -0.05) is 115 Å². The molecule has 0 fully saturated rings. The first kappa shape index (κ1) is 31.1. The molecule has 8 aromatic rings. The number of ether oxygens (including phenoxy) is 1. The maximum absolute atomic E-state index is 16.9. The first-order valence-corrected chi connectivity index (χ1v) is 17.8. The summed E-state index contributed by atoms with van der Waals surface area (Å²) in [7, 11) is 0. The number of hydrogen-bond acceptors (Lipinski definition) is 5. The van der Waals surface area contributed by atoms with Crippen molar-refractivity contribution in [2.45, 2.75) is 25.1 Å². The lowest BCUT2D eigenvalue weighted by molar-refractivity contribution is 0.266. The minimum absolute atomic E-state index is 0.0355. The minimum atomic E-state index is -1.62. The molecule has 0 amide bonds. The van der Waals surface area contributed by atoms with Gasteiger partial charge in [0.2, 0.25) is 0 Å². The Hall–Kier alpha value is -6.66. The number of furan rings is 1. The monoisotopic (exact) mass is 689 g/mol. The average Bonchev–Trinajstić information content (AvgIpc) is 3.78. The van der Waals surface area contributed by atoms with Gasteiger partial charge in [-0.15, -0.1) is 0 Å². The van der Waals surface area contributed by atoms with Gasteiger partial charge in [0, 0.05) is 27.5 Å². The van der Waals surface area contributed by atoms with Crippen LogP contribution in [0.3, 0.4) is 0 Å². The molecule has 3 unspecified atom stereocenters. The van der Waals surface area contributed by atoms with Gasteiger partial charge in [-0.25, -0.2) is 19.3 Å². The molecule has 3 atom stereocenters. The molecule has 2 aliphatic rings. The van der Waals surface area contributed by atoms with Crippen molar-refractivity contribution >= 4 is 44.4 Å². The Morgan fingerprint density at radius 3 is 2.32 bits per heavy atom. The van der Waals surface area contributed by atoms with Crippen molar-refractivity contribution in [1.82, 2.24) is 15.0 Å². The Labute approximate surface area is 304 Å². The van der Waals surface area contributed by atoms with Crippen LogP contribution < -0.4 is 15.2 Å². The molecule has 0 radical (unpaired) electrons. The molecule has 0 saturated heterocycles. The number of para-hydroxylation sites is 2. The number of allylic oxidation sites excluding steroid dienone is 2. The topological polar surface area (TPSA) is 61.0 Å². The number of hydrogen-bond donors (Lipinski definition) is 0. The van der Waals surface area contributed by atoms with Gasteiger partial charge in [0.15, 0.2) is 23.6 Å². The molecule has 5 nitrogen and oxygen atoms in total. The van der Waals surface area contributed by atoms with Crippen molar-refractivity contribution < 1.29 is 13.5 Å². The highest BCUT2D eigenvalue weighted by Crippen LogP contribution is 2.46. The predicted molar refractivity (Wildman–Crippen MR) is 209 cm³/mol. The Kier molecular flexibility index (Phi) is 7.35. The van der Waals surface area contributed by atoms with Crippen molar-refractivity contribution in [3.63, 3.8) is 0 Å². The highest BCUT2D eigenvalue weighted by Gasteiger charge is 2.37. The molecule has 3 heterocycles. The molecule has 254 valence electrons. The number of alkyl halides is 1. The van der Waals surface area contributed by atoms with E-state index in [0.717, 1.165) is 65.6 Å². The first-order valence-electron chi connectivity index (χ1n) is 17.8. The number of halogens is 1. The second-order valence-electron chi connectivity index (χ2n) is 13.6. The zero-order chi connectivity index (χ0) is 35.5. The average molecular weight is 690 g/mol. The molecular weight excluding hydrogens is 658 g/mol. The summed E-state index contributed by atoms with van der Waals surface area (Å²) in [6.07, 6.45) is 6.22. The van der Waals surface area contributed by atoms with Crippen LogP contribution in [0.25, 0.3) is 67.1 Å². The molecule has 0 N–H and O–H groups in total. The zero-order valence-electron chi connectivity index (χ0n) is 28.8. The zero-order valence-corrected chi connectivity index (χ0v) is 28.8. The van der Waals surface area contributed by atoms with Gasteiger partial charge in [-0.2, -0.15) is 0 Å². The van der Waals surface area contributed by atoms with Crippen molar-refractivity contribution in [1.29, 1.82) is 0 Å². The van der Waals surface area contributed by atoms with E-state index < -0.39 is 6.17 Å². The lowest BCUT2D eigenvalue weighted by atomic mass is 9.81. The third-order valence-corrected chi connectivity index (χ3v) is 10.4. The maximum Gasteiger partial charge on any atom is 0.179 e. The summed E-state index contributed by atoms with van der Waals surface area (Å²) in [5.74, 6) is 1.78. The van der Waals surface area contributed by atoms with Crippen molar-refractivity contribution in [2.24, 2.45) is 0 Å². The predicted octanol–water partition coefficient (Wildman–Crippen LogP) is 9.96. The molecule has 0 bridgehead atoms. The molecular formula is C47H32FN3O2. The standard InChI is InChI=1S/C47H32FN3O2/c1-28(35-17-10-20-42-44(35)38-16-7-9-19-41(38)52-42)34-14-5-4-13-31(34)26-39(48)47-50-45(32-22-21-29-11-2-3-12-30(29)25-32)49-46(51-47)33-23-24-37-36-15-6-8-18-40(36)53-43(37)27-33/h2-27,39,42,44H,1H3/b31-26-,34-28+. The molecule has 1 aliphatic heterocycles. The molecule has 6 aromatic carbocycles. The second kappa shape index (κ2) is 12.5. The molecule has 2 aromatic heterocycles. The quantitative estimate of drug-likeness (QED) is 0.180. The van der Waals surface area contributed by atoms with E-state index in [4.69, 9.17) is 24.1 Å². The smallest absolute Gasteiger partial charge is 0.179 e. The Balaban J connectivity index is 1.11. The van der Waals surface area contributed by atoms with Gasteiger partial charge in [0.25, 0.3) is 0 Å². The van der Waals surface area contributed by atoms with E-state index in [-0.39, 0.29) is 17.8 Å². The largest absolute Gasteiger partial charge is 0.485 e. The molecule has 53 heavy (non-hydrogen) atoms. The van der Waals surface area contributed by atoms with E-state index in [2.05, 4.69) is 49.4 Å². The van der Waals surface area contributed by atoms with Crippen molar-refractivity contribution in [3.8, 4) is 28.5 Å². The van der Waals surface area contributed by atoms with Gasteiger partial charge >= 0.3 is 0 Å². The number of benzene rings is 6. The van der Waals surface area contributed by atoms with Gasteiger partial charge in [-0.05, 0) is 81.8 Å². The third-order valence-electron chi connectivity index (χ3n) is 10.4. The van der Waals surface area contributed by atoms with Gasteiger partial charge < -0.3 is 9.15 Å². The second-order valence-corrected chi connectivity index (χ2v) is 13.6. The van der Waals surface area contributed by atoms with Crippen LogP contribution in [0.1, 0.15) is 30.4 Å². The van der Waals surface area contributed by atoms with Crippen LogP contribution in [0.2, 0.25) is 0 Å². The Morgan fingerprint density at radius 2 is 1.42 bits per heavy atom. The van der Waals surface area contributed by atoms with Crippen LogP contribution in [-0.2, 0) is 0 Å². The number of nitrogens with zero attached hydrogens (tertiary/aromatic N) is 3.